The average Bonchev–Trinajstić information content (AvgIpc) is 2.54. The maximum absolute atomic E-state index is 5.60. The third kappa shape index (κ3) is 3.95. The number of hydrogen-bond acceptors (Lipinski definition) is 4. The van der Waals surface area contributed by atoms with Crippen LogP contribution in [-0.2, 0) is 6.54 Å². The molecule has 0 amide bonds. The Bertz CT molecular complexity index is 558. The van der Waals surface area contributed by atoms with Crippen LogP contribution >= 0.6 is 0 Å². The molecule has 2 aromatic rings. The zero-order chi connectivity index (χ0) is 15.1. The van der Waals surface area contributed by atoms with E-state index in [2.05, 4.69) is 23.3 Å². The monoisotopic (exact) mass is 286 g/mol. The van der Waals surface area contributed by atoms with Gasteiger partial charge in [-0.1, -0.05) is 18.2 Å². The summed E-state index contributed by atoms with van der Waals surface area (Å²) in [5.74, 6) is 1.58. The molecule has 0 bridgehead atoms. The molecular formula is C17H22N2O2. The summed E-state index contributed by atoms with van der Waals surface area (Å²) >= 11 is 0. The standard InChI is InChI=1S/C17H22N2O2/c1-4-21-16-9-5-7-15(17(16)20-3)12-19-13(2)14-8-6-10-18-11-14/h5-11,13,19H,4,12H2,1-3H3. The van der Waals surface area contributed by atoms with Gasteiger partial charge < -0.3 is 14.8 Å². The van der Waals surface area contributed by atoms with Crippen LogP contribution in [0.3, 0.4) is 0 Å². The van der Waals surface area contributed by atoms with Gasteiger partial charge in [-0.2, -0.15) is 0 Å². The minimum Gasteiger partial charge on any atom is -0.493 e. The van der Waals surface area contributed by atoms with Crippen LogP contribution in [-0.4, -0.2) is 18.7 Å². The predicted molar refractivity (Wildman–Crippen MR) is 83.7 cm³/mol. The van der Waals surface area contributed by atoms with Gasteiger partial charge in [-0.05, 0) is 31.5 Å². The minimum absolute atomic E-state index is 0.221. The Morgan fingerprint density at radius 3 is 2.76 bits per heavy atom. The van der Waals surface area contributed by atoms with E-state index >= 15 is 0 Å². The Labute approximate surface area is 126 Å². The van der Waals surface area contributed by atoms with Gasteiger partial charge in [0.25, 0.3) is 0 Å². The fourth-order valence-electron chi connectivity index (χ4n) is 2.21. The Kier molecular flexibility index (Phi) is 5.58. The molecular weight excluding hydrogens is 264 g/mol. The summed E-state index contributed by atoms with van der Waals surface area (Å²) in [6, 6.07) is 10.2. The van der Waals surface area contributed by atoms with Crippen molar-refractivity contribution in [3.05, 3.63) is 53.9 Å². The lowest BCUT2D eigenvalue weighted by Gasteiger charge is -2.17. The van der Waals surface area contributed by atoms with E-state index in [9.17, 15) is 0 Å². The molecule has 0 fully saturated rings. The van der Waals surface area contributed by atoms with Crippen molar-refractivity contribution < 1.29 is 9.47 Å². The molecule has 0 saturated carbocycles. The molecule has 4 heteroatoms. The van der Waals surface area contributed by atoms with Crippen LogP contribution in [0.4, 0.5) is 0 Å². The molecule has 0 aliphatic rings. The highest BCUT2D eigenvalue weighted by atomic mass is 16.5. The first-order valence-corrected chi connectivity index (χ1v) is 7.18. The molecule has 1 heterocycles. The number of benzene rings is 1. The maximum atomic E-state index is 5.60. The van der Waals surface area contributed by atoms with Crippen LogP contribution < -0.4 is 14.8 Å². The quantitative estimate of drug-likeness (QED) is 0.847. The fourth-order valence-corrected chi connectivity index (χ4v) is 2.21. The van der Waals surface area contributed by atoms with Crippen molar-refractivity contribution in [3.8, 4) is 11.5 Å². The van der Waals surface area contributed by atoms with Crippen LogP contribution in [0.2, 0.25) is 0 Å². The number of ether oxygens (including phenoxy) is 2. The van der Waals surface area contributed by atoms with E-state index in [1.165, 1.54) is 0 Å². The second kappa shape index (κ2) is 7.64. The molecule has 0 aliphatic carbocycles. The molecule has 1 atom stereocenters. The Morgan fingerprint density at radius 2 is 2.10 bits per heavy atom. The van der Waals surface area contributed by atoms with E-state index < -0.39 is 0 Å². The number of aromatic nitrogens is 1. The normalized spacial score (nSPS) is 12.0. The smallest absolute Gasteiger partial charge is 0.165 e. The molecule has 21 heavy (non-hydrogen) atoms. The number of hydrogen-bond donors (Lipinski definition) is 1. The summed E-state index contributed by atoms with van der Waals surface area (Å²) in [7, 11) is 1.67. The topological polar surface area (TPSA) is 43.4 Å². The third-order valence-corrected chi connectivity index (χ3v) is 3.35. The summed E-state index contributed by atoms with van der Waals surface area (Å²) < 4.78 is 11.1. The van der Waals surface area contributed by atoms with Crippen molar-refractivity contribution in [1.29, 1.82) is 0 Å². The zero-order valence-electron chi connectivity index (χ0n) is 12.8. The second-order valence-electron chi connectivity index (χ2n) is 4.77. The number of para-hydroxylation sites is 1. The summed E-state index contributed by atoms with van der Waals surface area (Å²) in [6.07, 6.45) is 3.66. The molecule has 1 aromatic heterocycles. The van der Waals surface area contributed by atoms with Crippen molar-refractivity contribution in [2.24, 2.45) is 0 Å². The van der Waals surface area contributed by atoms with Gasteiger partial charge in [0.2, 0.25) is 0 Å². The van der Waals surface area contributed by atoms with E-state index in [4.69, 9.17) is 9.47 Å². The molecule has 1 N–H and O–H groups in total. The Morgan fingerprint density at radius 1 is 1.24 bits per heavy atom. The van der Waals surface area contributed by atoms with Gasteiger partial charge in [-0.3, -0.25) is 4.98 Å². The van der Waals surface area contributed by atoms with Gasteiger partial charge in [0.15, 0.2) is 11.5 Å². The highest BCUT2D eigenvalue weighted by Crippen LogP contribution is 2.31. The van der Waals surface area contributed by atoms with Crippen molar-refractivity contribution in [1.82, 2.24) is 10.3 Å². The molecule has 0 aliphatic heterocycles. The first-order chi connectivity index (χ1) is 10.3. The van der Waals surface area contributed by atoms with Crippen LogP contribution in [0, 0.1) is 0 Å². The van der Waals surface area contributed by atoms with Gasteiger partial charge in [0, 0.05) is 30.5 Å². The van der Waals surface area contributed by atoms with E-state index in [1.54, 1.807) is 13.3 Å². The van der Waals surface area contributed by atoms with E-state index in [0.717, 1.165) is 22.6 Å². The molecule has 4 nitrogen and oxygen atoms in total. The molecule has 0 radical (unpaired) electrons. The summed E-state index contributed by atoms with van der Waals surface area (Å²) in [4.78, 5) is 4.15. The number of pyridine rings is 1. The molecule has 1 aromatic carbocycles. The largest absolute Gasteiger partial charge is 0.493 e. The highest BCUT2D eigenvalue weighted by molar-refractivity contribution is 5.46. The number of nitrogens with zero attached hydrogens (tertiary/aromatic N) is 1. The highest BCUT2D eigenvalue weighted by Gasteiger charge is 2.11. The Hall–Kier alpha value is -2.07. The Balaban J connectivity index is 2.07. The van der Waals surface area contributed by atoms with Gasteiger partial charge in [0.1, 0.15) is 0 Å². The van der Waals surface area contributed by atoms with E-state index in [-0.39, 0.29) is 6.04 Å². The van der Waals surface area contributed by atoms with Gasteiger partial charge in [-0.25, -0.2) is 0 Å². The van der Waals surface area contributed by atoms with Gasteiger partial charge >= 0.3 is 0 Å². The van der Waals surface area contributed by atoms with E-state index in [0.29, 0.717) is 13.2 Å². The number of methoxy groups -OCH3 is 1. The van der Waals surface area contributed by atoms with Crippen molar-refractivity contribution in [3.63, 3.8) is 0 Å². The van der Waals surface area contributed by atoms with Gasteiger partial charge in [0.05, 0.1) is 13.7 Å². The van der Waals surface area contributed by atoms with Crippen molar-refractivity contribution >= 4 is 0 Å². The molecule has 2 rings (SSSR count). The molecule has 112 valence electrons. The summed E-state index contributed by atoms with van der Waals surface area (Å²) in [5, 5.41) is 3.48. The first kappa shape index (κ1) is 15.3. The maximum Gasteiger partial charge on any atom is 0.165 e. The third-order valence-electron chi connectivity index (χ3n) is 3.35. The summed E-state index contributed by atoms with van der Waals surface area (Å²) in [6.45, 7) is 5.42. The second-order valence-corrected chi connectivity index (χ2v) is 4.77. The number of rotatable bonds is 7. The fraction of sp³-hybridized carbons (Fsp3) is 0.353. The zero-order valence-corrected chi connectivity index (χ0v) is 12.8. The van der Waals surface area contributed by atoms with Crippen LogP contribution in [0.1, 0.15) is 31.0 Å². The molecule has 0 saturated heterocycles. The van der Waals surface area contributed by atoms with Gasteiger partial charge in [-0.15, -0.1) is 0 Å². The minimum atomic E-state index is 0.221. The van der Waals surface area contributed by atoms with Crippen LogP contribution in [0.5, 0.6) is 11.5 Å². The van der Waals surface area contributed by atoms with Crippen molar-refractivity contribution in [2.45, 2.75) is 26.4 Å². The lowest BCUT2D eigenvalue weighted by atomic mass is 10.1. The molecule has 1 unspecified atom stereocenters. The lowest BCUT2D eigenvalue weighted by molar-refractivity contribution is 0.308. The van der Waals surface area contributed by atoms with Crippen LogP contribution in [0.15, 0.2) is 42.7 Å². The first-order valence-electron chi connectivity index (χ1n) is 7.18. The SMILES string of the molecule is CCOc1cccc(CNC(C)c2cccnc2)c1OC. The lowest BCUT2D eigenvalue weighted by Crippen LogP contribution is -2.18. The number of nitrogens with one attached hydrogen (secondary N) is 1. The van der Waals surface area contributed by atoms with Crippen LogP contribution in [0.25, 0.3) is 0 Å². The predicted octanol–water partition coefficient (Wildman–Crippen LogP) is 3.34. The van der Waals surface area contributed by atoms with Crippen molar-refractivity contribution in [2.75, 3.05) is 13.7 Å². The summed E-state index contributed by atoms with van der Waals surface area (Å²) in [5.41, 5.74) is 2.25. The van der Waals surface area contributed by atoms with E-state index in [1.807, 2.05) is 37.4 Å². The average molecular weight is 286 g/mol. The molecule has 0 spiro atoms.